The van der Waals surface area contributed by atoms with Gasteiger partial charge in [0.2, 0.25) is 0 Å². The Bertz CT molecular complexity index is 642. The van der Waals surface area contributed by atoms with Crippen molar-refractivity contribution in [3.05, 3.63) is 29.5 Å². The molecule has 2 rings (SSSR count). The summed E-state index contributed by atoms with van der Waals surface area (Å²) in [4.78, 5) is 9.16. The molecule has 112 valence electrons. The van der Waals surface area contributed by atoms with Gasteiger partial charge in [-0.2, -0.15) is 0 Å². The number of phenolic OH excluding ortho intramolecular Hbond substituents is 1. The molecule has 5 heteroatoms. The number of methoxy groups -OCH3 is 1. The largest absolute Gasteiger partial charge is 0.504 e. The minimum Gasteiger partial charge on any atom is -0.504 e. The number of nitrogens with one attached hydrogen (secondary N) is 1. The second-order valence-corrected chi connectivity index (χ2v) is 4.74. The molecule has 0 spiro atoms. The topological polar surface area (TPSA) is 67.3 Å². The molecule has 0 atom stereocenters. The summed E-state index contributed by atoms with van der Waals surface area (Å²) in [6.45, 7) is 6.92. The van der Waals surface area contributed by atoms with Crippen LogP contribution in [0.4, 0.5) is 5.82 Å². The normalized spacial score (nSPS) is 10.5. The number of aromatic hydroxyl groups is 1. The molecule has 0 aliphatic heterocycles. The molecular weight excluding hydrogens is 266 g/mol. The number of rotatable bonds is 5. The number of anilines is 1. The Morgan fingerprint density at radius 3 is 2.57 bits per heavy atom. The van der Waals surface area contributed by atoms with E-state index in [0.717, 1.165) is 35.6 Å². The zero-order valence-corrected chi connectivity index (χ0v) is 12.9. The second kappa shape index (κ2) is 6.43. The first-order chi connectivity index (χ1) is 10.1. The van der Waals surface area contributed by atoms with Crippen molar-refractivity contribution in [3.63, 3.8) is 0 Å². The number of ether oxygens (including phenoxy) is 1. The van der Waals surface area contributed by atoms with Gasteiger partial charge in [0.15, 0.2) is 17.3 Å². The highest BCUT2D eigenvalue weighted by atomic mass is 16.5. The number of nitrogens with zero attached hydrogens (tertiary/aromatic N) is 2. The van der Waals surface area contributed by atoms with Gasteiger partial charge in [-0.3, -0.25) is 0 Å². The number of aromatic nitrogens is 2. The first-order valence-electron chi connectivity index (χ1n) is 7.09. The highest BCUT2D eigenvalue weighted by molar-refractivity contribution is 5.63. The summed E-state index contributed by atoms with van der Waals surface area (Å²) in [6, 6.07) is 5.18. The summed E-state index contributed by atoms with van der Waals surface area (Å²) < 4.78 is 5.06. The molecule has 1 aromatic heterocycles. The van der Waals surface area contributed by atoms with Gasteiger partial charge in [0.05, 0.1) is 7.11 Å². The number of aryl methyl sites for hydroxylation is 1. The van der Waals surface area contributed by atoms with E-state index in [2.05, 4.69) is 22.2 Å². The van der Waals surface area contributed by atoms with E-state index in [9.17, 15) is 5.11 Å². The van der Waals surface area contributed by atoms with Crippen molar-refractivity contribution in [1.82, 2.24) is 9.97 Å². The van der Waals surface area contributed by atoms with Crippen molar-refractivity contribution in [2.45, 2.75) is 27.2 Å². The number of hydrogen-bond acceptors (Lipinski definition) is 5. The van der Waals surface area contributed by atoms with Gasteiger partial charge in [-0.05, 0) is 38.5 Å². The fourth-order valence-corrected chi connectivity index (χ4v) is 2.21. The van der Waals surface area contributed by atoms with E-state index in [-0.39, 0.29) is 5.75 Å². The molecule has 1 aromatic carbocycles. The zero-order valence-electron chi connectivity index (χ0n) is 12.9. The summed E-state index contributed by atoms with van der Waals surface area (Å²) in [6.07, 6.45) is 0.835. The standard InChI is InChI=1S/C16H21N3O2/c1-5-12-10(3)15(17-6-2)19-16(18-12)11-7-8-14(21-4)13(20)9-11/h7-9,20H,5-6H2,1-4H3,(H,17,18,19). The molecule has 2 N–H and O–H groups in total. The number of benzene rings is 1. The van der Waals surface area contributed by atoms with Crippen LogP contribution in [0.15, 0.2) is 18.2 Å². The fraction of sp³-hybridized carbons (Fsp3) is 0.375. The third kappa shape index (κ3) is 3.07. The van der Waals surface area contributed by atoms with Gasteiger partial charge in [-0.25, -0.2) is 9.97 Å². The first-order valence-corrected chi connectivity index (χ1v) is 7.09. The van der Waals surface area contributed by atoms with Crippen LogP contribution in [0.25, 0.3) is 11.4 Å². The van der Waals surface area contributed by atoms with Gasteiger partial charge in [-0.1, -0.05) is 6.92 Å². The van der Waals surface area contributed by atoms with E-state index in [4.69, 9.17) is 4.74 Å². The van der Waals surface area contributed by atoms with Gasteiger partial charge in [0.1, 0.15) is 5.82 Å². The Labute approximate surface area is 125 Å². The van der Waals surface area contributed by atoms with Gasteiger partial charge >= 0.3 is 0 Å². The van der Waals surface area contributed by atoms with Crippen LogP contribution in [0.5, 0.6) is 11.5 Å². The average molecular weight is 287 g/mol. The van der Waals surface area contributed by atoms with Crippen LogP contribution in [0.2, 0.25) is 0 Å². The maximum atomic E-state index is 9.91. The van der Waals surface area contributed by atoms with E-state index < -0.39 is 0 Å². The van der Waals surface area contributed by atoms with Crippen molar-refractivity contribution in [2.24, 2.45) is 0 Å². The van der Waals surface area contributed by atoms with Crippen LogP contribution >= 0.6 is 0 Å². The maximum Gasteiger partial charge on any atom is 0.161 e. The first kappa shape index (κ1) is 15.1. The van der Waals surface area contributed by atoms with Crippen molar-refractivity contribution < 1.29 is 9.84 Å². The number of phenols is 1. The lowest BCUT2D eigenvalue weighted by molar-refractivity contribution is 0.373. The van der Waals surface area contributed by atoms with Gasteiger partial charge < -0.3 is 15.2 Å². The summed E-state index contributed by atoms with van der Waals surface area (Å²) in [5.41, 5.74) is 2.84. The average Bonchev–Trinajstić information content (AvgIpc) is 2.49. The molecule has 0 saturated heterocycles. The molecule has 0 saturated carbocycles. The second-order valence-electron chi connectivity index (χ2n) is 4.74. The Morgan fingerprint density at radius 1 is 1.24 bits per heavy atom. The molecule has 0 radical (unpaired) electrons. The Balaban J connectivity index is 2.52. The summed E-state index contributed by atoms with van der Waals surface area (Å²) in [7, 11) is 1.52. The summed E-state index contributed by atoms with van der Waals surface area (Å²) >= 11 is 0. The monoisotopic (exact) mass is 287 g/mol. The minimum atomic E-state index is 0.0854. The lowest BCUT2D eigenvalue weighted by atomic mass is 10.1. The minimum absolute atomic E-state index is 0.0854. The van der Waals surface area contributed by atoms with E-state index in [1.165, 1.54) is 7.11 Å². The molecule has 0 amide bonds. The molecule has 0 aliphatic carbocycles. The zero-order chi connectivity index (χ0) is 15.4. The molecule has 0 aliphatic rings. The maximum absolute atomic E-state index is 9.91. The van der Waals surface area contributed by atoms with Crippen LogP contribution in [0.1, 0.15) is 25.1 Å². The lowest BCUT2D eigenvalue weighted by Gasteiger charge is -2.13. The quantitative estimate of drug-likeness (QED) is 0.884. The molecule has 1 heterocycles. The third-order valence-corrected chi connectivity index (χ3v) is 3.36. The van der Waals surface area contributed by atoms with Crippen molar-refractivity contribution in [2.75, 3.05) is 19.0 Å². The van der Waals surface area contributed by atoms with Crippen LogP contribution in [-0.4, -0.2) is 28.7 Å². The predicted octanol–water partition coefficient (Wildman–Crippen LogP) is 3.16. The van der Waals surface area contributed by atoms with Crippen molar-refractivity contribution in [1.29, 1.82) is 0 Å². The van der Waals surface area contributed by atoms with Gasteiger partial charge in [-0.15, -0.1) is 0 Å². The SMILES string of the molecule is CCNc1nc(-c2ccc(OC)c(O)c2)nc(CC)c1C. The fourth-order valence-electron chi connectivity index (χ4n) is 2.21. The highest BCUT2D eigenvalue weighted by Gasteiger charge is 2.12. The van der Waals surface area contributed by atoms with E-state index in [1.54, 1.807) is 12.1 Å². The molecule has 0 bridgehead atoms. The molecule has 0 fully saturated rings. The smallest absolute Gasteiger partial charge is 0.161 e. The van der Waals surface area contributed by atoms with E-state index in [1.807, 2.05) is 19.9 Å². The van der Waals surface area contributed by atoms with E-state index >= 15 is 0 Å². The van der Waals surface area contributed by atoms with Crippen LogP contribution in [0, 0.1) is 6.92 Å². The summed E-state index contributed by atoms with van der Waals surface area (Å²) in [5, 5.41) is 13.2. The molecule has 0 unspecified atom stereocenters. The highest BCUT2D eigenvalue weighted by Crippen LogP contribution is 2.31. The molecule has 21 heavy (non-hydrogen) atoms. The lowest BCUT2D eigenvalue weighted by Crippen LogP contribution is -2.07. The Kier molecular flexibility index (Phi) is 4.62. The molecular formula is C16H21N3O2. The van der Waals surface area contributed by atoms with Crippen LogP contribution < -0.4 is 10.1 Å². The Hall–Kier alpha value is -2.30. The van der Waals surface area contributed by atoms with Gasteiger partial charge in [0, 0.05) is 23.4 Å². The van der Waals surface area contributed by atoms with Gasteiger partial charge in [0.25, 0.3) is 0 Å². The van der Waals surface area contributed by atoms with Crippen molar-refractivity contribution in [3.8, 4) is 22.9 Å². The van der Waals surface area contributed by atoms with Crippen LogP contribution in [0.3, 0.4) is 0 Å². The van der Waals surface area contributed by atoms with E-state index in [0.29, 0.717) is 11.6 Å². The van der Waals surface area contributed by atoms with Crippen molar-refractivity contribution >= 4 is 5.82 Å². The predicted molar refractivity (Wildman–Crippen MR) is 84.0 cm³/mol. The molecule has 5 nitrogen and oxygen atoms in total. The molecule has 2 aromatic rings. The Morgan fingerprint density at radius 2 is 2.00 bits per heavy atom. The van der Waals surface area contributed by atoms with Crippen LogP contribution in [-0.2, 0) is 6.42 Å². The number of hydrogen-bond donors (Lipinski definition) is 2. The summed E-state index contributed by atoms with van der Waals surface area (Å²) in [5.74, 6) is 1.97. The third-order valence-electron chi connectivity index (χ3n) is 3.36.